The second kappa shape index (κ2) is 3.35. The van der Waals surface area contributed by atoms with E-state index in [9.17, 15) is 9.90 Å². The van der Waals surface area contributed by atoms with Crippen LogP contribution in [0, 0.1) is 0 Å². The summed E-state index contributed by atoms with van der Waals surface area (Å²) in [6.45, 7) is 0. The zero-order chi connectivity index (χ0) is 9.26. The molecule has 1 unspecified atom stereocenters. The summed E-state index contributed by atoms with van der Waals surface area (Å²) >= 11 is 1.21. The molecule has 13 heavy (non-hydrogen) atoms. The van der Waals surface area contributed by atoms with Crippen LogP contribution in [0.3, 0.4) is 0 Å². The summed E-state index contributed by atoms with van der Waals surface area (Å²) in [7, 11) is 0. The van der Waals surface area contributed by atoms with E-state index in [2.05, 4.69) is 4.98 Å². The molecule has 1 aromatic rings. The van der Waals surface area contributed by atoms with E-state index in [1.165, 1.54) is 16.7 Å². The van der Waals surface area contributed by atoms with E-state index in [0.717, 1.165) is 5.69 Å². The lowest BCUT2D eigenvalue weighted by Crippen LogP contribution is -2.28. The van der Waals surface area contributed by atoms with Gasteiger partial charge in [0.2, 0.25) is 0 Å². The zero-order valence-corrected chi connectivity index (χ0v) is 7.57. The van der Waals surface area contributed by atoms with E-state index in [0.29, 0.717) is 5.88 Å². The molecule has 1 amide bonds. The minimum absolute atomic E-state index is 0.266. The van der Waals surface area contributed by atoms with Gasteiger partial charge in [-0.05, 0) is 12.1 Å². The van der Waals surface area contributed by atoms with Crippen molar-refractivity contribution in [1.82, 2.24) is 4.98 Å². The van der Waals surface area contributed by atoms with Crippen LogP contribution < -0.4 is 4.90 Å². The predicted molar refractivity (Wildman–Crippen MR) is 50.2 cm³/mol. The fourth-order valence-electron chi connectivity index (χ4n) is 1.13. The van der Waals surface area contributed by atoms with E-state index in [1.54, 1.807) is 24.5 Å². The molecule has 1 aromatic heterocycles. The highest BCUT2D eigenvalue weighted by atomic mass is 32.2. The Kier molecular flexibility index (Phi) is 2.20. The van der Waals surface area contributed by atoms with Gasteiger partial charge in [-0.15, -0.1) is 0 Å². The van der Waals surface area contributed by atoms with Gasteiger partial charge in [-0.3, -0.25) is 14.7 Å². The van der Waals surface area contributed by atoms with E-state index < -0.39 is 5.44 Å². The number of carbonyl (C=O) groups excluding carboxylic acids is 1. The van der Waals surface area contributed by atoms with Gasteiger partial charge in [0.05, 0.1) is 17.8 Å². The van der Waals surface area contributed by atoms with Crippen LogP contribution in [0.1, 0.15) is 0 Å². The molecule has 1 fully saturated rings. The SMILES string of the molecule is O=C1C(O)SCN1c1cccnc1. The van der Waals surface area contributed by atoms with Crippen LogP contribution in [0.5, 0.6) is 0 Å². The summed E-state index contributed by atoms with van der Waals surface area (Å²) < 4.78 is 0. The van der Waals surface area contributed by atoms with E-state index in [4.69, 9.17) is 0 Å². The summed E-state index contributed by atoms with van der Waals surface area (Å²) in [5, 5.41) is 9.18. The summed E-state index contributed by atoms with van der Waals surface area (Å²) in [5.74, 6) is 0.226. The van der Waals surface area contributed by atoms with Crippen molar-refractivity contribution in [3.8, 4) is 0 Å². The fraction of sp³-hybridized carbons (Fsp3) is 0.250. The van der Waals surface area contributed by atoms with Crippen LogP contribution in [0.15, 0.2) is 24.5 Å². The third kappa shape index (κ3) is 1.52. The number of hydrogen-bond donors (Lipinski definition) is 1. The molecule has 2 heterocycles. The third-order valence-electron chi connectivity index (χ3n) is 1.80. The molecule has 5 heteroatoms. The van der Waals surface area contributed by atoms with Gasteiger partial charge in [-0.2, -0.15) is 0 Å². The van der Waals surface area contributed by atoms with Crippen molar-refractivity contribution in [2.45, 2.75) is 5.44 Å². The largest absolute Gasteiger partial charge is 0.373 e. The highest BCUT2D eigenvalue weighted by Gasteiger charge is 2.31. The average molecular weight is 196 g/mol. The molecule has 68 valence electrons. The Morgan fingerprint density at radius 2 is 2.54 bits per heavy atom. The Hall–Kier alpha value is -1.07. The van der Waals surface area contributed by atoms with Crippen LogP contribution in [-0.4, -0.2) is 27.3 Å². The van der Waals surface area contributed by atoms with Crippen molar-refractivity contribution in [3.05, 3.63) is 24.5 Å². The standard InChI is InChI=1S/C8H8N2O2S/c11-7-8(12)13-5-10(7)6-2-1-3-9-4-6/h1-4,8,12H,5H2. The van der Waals surface area contributed by atoms with Gasteiger partial charge in [0.1, 0.15) is 0 Å². The van der Waals surface area contributed by atoms with Crippen LogP contribution in [0.2, 0.25) is 0 Å². The van der Waals surface area contributed by atoms with Crippen molar-refractivity contribution < 1.29 is 9.90 Å². The number of rotatable bonds is 1. The van der Waals surface area contributed by atoms with E-state index >= 15 is 0 Å². The van der Waals surface area contributed by atoms with Gasteiger partial charge in [-0.1, -0.05) is 11.8 Å². The van der Waals surface area contributed by atoms with E-state index in [1.807, 2.05) is 0 Å². The molecule has 0 spiro atoms. The summed E-state index contributed by atoms with van der Waals surface area (Å²) in [5.41, 5.74) is -0.184. The Bertz CT molecular complexity index is 317. The molecule has 0 saturated carbocycles. The Labute approximate surface area is 79.6 Å². The molecule has 1 aliphatic rings. The van der Waals surface area contributed by atoms with Gasteiger partial charge < -0.3 is 5.11 Å². The average Bonchev–Trinajstić information content (AvgIpc) is 2.49. The second-order valence-corrected chi connectivity index (χ2v) is 3.66. The molecule has 0 aliphatic carbocycles. The molecular weight excluding hydrogens is 188 g/mol. The molecule has 0 aromatic carbocycles. The summed E-state index contributed by atoms with van der Waals surface area (Å²) in [4.78, 5) is 16.8. The zero-order valence-electron chi connectivity index (χ0n) is 6.75. The minimum Gasteiger partial charge on any atom is -0.373 e. The minimum atomic E-state index is -0.916. The van der Waals surface area contributed by atoms with Crippen LogP contribution in [0.25, 0.3) is 0 Å². The maximum absolute atomic E-state index is 11.3. The van der Waals surface area contributed by atoms with Crippen molar-refractivity contribution in [2.24, 2.45) is 0 Å². The number of nitrogens with zero attached hydrogens (tertiary/aromatic N) is 2. The number of thioether (sulfide) groups is 1. The molecule has 1 saturated heterocycles. The van der Waals surface area contributed by atoms with Crippen molar-refractivity contribution in [3.63, 3.8) is 0 Å². The first-order valence-corrected chi connectivity index (χ1v) is 4.85. The maximum atomic E-state index is 11.3. The molecule has 1 aliphatic heterocycles. The van der Waals surface area contributed by atoms with Gasteiger partial charge in [-0.25, -0.2) is 0 Å². The first-order valence-electron chi connectivity index (χ1n) is 3.80. The maximum Gasteiger partial charge on any atom is 0.267 e. The highest BCUT2D eigenvalue weighted by Crippen LogP contribution is 2.26. The molecule has 0 radical (unpaired) electrons. The summed E-state index contributed by atoms with van der Waals surface area (Å²) in [6, 6.07) is 3.56. The number of pyridine rings is 1. The smallest absolute Gasteiger partial charge is 0.267 e. The van der Waals surface area contributed by atoms with Gasteiger partial charge in [0, 0.05) is 6.20 Å². The van der Waals surface area contributed by atoms with Crippen LogP contribution in [-0.2, 0) is 4.79 Å². The molecule has 1 atom stereocenters. The lowest BCUT2D eigenvalue weighted by molar-refractivity contribution is -0.121. The molecule has 2 rings (SSSR count). The lowest BCUT2D eigenvalue weighted by Gasteiger charge is -2.13. The Morgan fingerprint density at radius 3 is 3.08 bits per heavy atom. The number of hydrogen-bond acceptors (Lipinski definition) is 4. The summed E-state index contributed by atoms with van der Waals surface area (Å²) in [6.07, 6.45) is 3.25. The van der Waals surface area contributed by atoms with Gasteiger partial charge in [0.25, 0.3) is 5.91 Å². The molecular formula is C8H8N2O2S. The predicted octanol–water partition coefficient (Wildman–Crippen LogP) is 0.437. The number of aliphatic hydroxyl groups excluding tert-OH is 1. The lowest BCUT2D eigenvalue weighted by atomic mass is 10.4. The number of carbonyl (C=O) groups is 1. The Morgan fingerprint density at radius 1 is 1.69 bits per heavy atom. The number of amides is 1. The van der Waals surface area contributed by atoms with Gasteiger partial charge in [0.15, 0.2) is 5.44 Å². The van der Waals surface area contributed by atoms with Gasteiger partial charge >= 0.3 is 0 Å². The number of aliphatic hydroxyl groups is 1. The van der Waals surface area contributed by atoms with Crippen molar-refractivity contribution in [1.29, 1.82) is 0 Å². The van der Waals surface area contributed by atoms with Crippen molar-refractivity contribution in [2.75, 3.05) is 10.8 Å². The molecule has 0 bridgehead atoms. The fourth-order valence-corrected chi connectivity index (χ4v) is 1.96. The number of aromatic nitrogens is 1. The quantitative estimate of drug-likeness (QED) is 0.708. The Balaban J connectivity index is 2.24. The monoisotopic (exact) mass is 196 g/mol. The van der Waals surface area contributed by atoms with Crippen LogP contribution in [0.4, 0.5) is 5.69 Å². The third-order valence-corrected chi connectivity index (χ3v) is 2.72. The second-order valence-electron chi connectivity index (χ2n) is 2.63. The normalized spacial score (nSPS) is 22.4. The van der Waals surface area contributed by atoms with Crippen molar-refractivity contribution >= 4 is 23.4 Å². The first-order chi connectivity index (χ1) is 6.29. The van der Waals surface area contributed by atoms with Crippen LogP contribution >= 0.6 is 11.8 Å². The van der Waals surface area contributed by atoms with E-state index in [-0.39, 0.29) is 5.91 Å². The molecule has 4 nitrogen and oxygen atoms in total. The topological polar surface area (TPSA) is 53.4 Å². The number of anilines is 1. The highest BCUT2D eigenvalue weighted by molar-refractivity contribution is 8.01. The molecule has 1 N–H and O–H groups in total. The first kappa shape index (κ1) is 8.52.